The van der Waals surface area contributed by atoms with Crippen molar-refractivity contribution in [3.63, 3.8) is 0 Å². The van der Waals surface area contributed by atoms with E-state index in [1.165, 1.54) is 0 Å². The summed E-state index contributed by atoms with van der Waals surface area (Å²) in [5.74, 6) is 0.691. The number of likely N-dealkylation sites (tertiary alicyclic amines) is 1. The van der Waals surface area contributed by atoms with E-state index < -0.39 is 0 Å². The standard InChI is InChI=1S/C26H32N10O/c1-16(2)28-25-14-27-13-22(29-25)18-5-6-21-19(11-18)12-24(33-31-21)30-26(37)23-15-36(34-32-23)20-7-9-35(10-8-20)17(3)4/h5-6,11-17,20H,7-10H2,1-4H3,(H,28,29)(H,30,33,37). The van der Waals surface area contributed by atoms with E-state index in [4.69, 9.17) is 0 Å². The summed E-state index contributed by atoms with van der Waals surface area (Å²) < 4.78 is 1.81. The fraction of sp³-hybridized carbons (Fsp3) is 0.423. The molecule has 4 aromatic rings. The number of aromatic nitrogens is 7. The molecule has 37 heavy (non-hydrogen) atoms. The number of carbonyl (C=O) groups is 1. The Bertz CT molecular complexity index is 1390. The molecular formula is C26H32N10O. The predicted octanol–water partition coefficient (Wildman–Crippen LogP) is 3.80. The van der Waals surface area contributed by atoms with E-state index in [1.807, 2.05) is 22.9 Å². The van der Waals surface area contributed by atoms with Crippen LogP contribution in [-0.2, 0) is 0 Å². The number of nitrogens with one attached hydrogen (secondary N) is 2. The zero-order valence-corrected chi connectivity index (χ0v) is 21.6. The number of amides is 1. The van der Waals surface area contributed by atoms with Gasteiger partial charge in [0.15, 0.2) is 11.5 Å². The number of carbonyl (C=O) groups excluding carboxylic acids is 1. The van der Waals surface area contributed by atoms with E-state index in [2.05, 4.69) is 73.7 Å². The average Bonchev–Trinajstić information content (AvgIpc) is 3.39. The molecule has 5 rings (SSSR count). The normalized spacial score (nSPS) is 15.0. The zero-order valence-electron chi connectivity index (χ0n) is 21.6. The summed E-state index contributed by atoms with van der Waals surface area (Å²) in [7, 11) is 0. The fourth-order valence-corrected chi connectivity index (χ4v) is 4.54. The largest absolute Gasteiger partial charge is 0.367 e. The highest BCUT2D eigenvalue weighted by atomic mass is 16.2. The van der Waals surface area contributed by atoms with Crippen LogP contribution in [0.3, 0.4) is 0 Å². The first kappa shape index (κ1) is 24.7. The van der Waals surface area contributed by atoms with E-state index in [0.29, 0.717) is 23.2 Å². The third-order valence-corrected chi connectivity index (χ3v) is 6.54. The van der Waals surface area contributed by atoms with Gasteiger partial charge < -0.3 is 15.5 Å². The second kappa shape index (κ2) is 10.6. The lowest BCUT2D eigenvalue weighted by molar-refractivity contribution is 0.102. The van der Waals surface area contributed by atoms with Crippen LogP contribution in [-0.4, -0.2) is 71.1 Å². The van der Waals surface area contributed by atoms with Gasteiger partial charge in [-0.05, 0) is 58.7 Å². The molecule has 1 fully saturated rings. The van der Waals surface area contributed by atoms with Crippen LogP contribution in [0.2, 0.25) is 0 Å². The number of hydrogen-bond donors (Lipinski definition) is 2. The Morgan fingerprint density at radius 1 is 1.00 bits per heavy atom. The third-order valence-electron chi connectivity index (χ3n) is 6.54. The first-order valence-electron chi connectivity index (χ1n) is 12.7. The summed E-state index contributed by atoms with van der Waals surface area (Å²) in [6, 6.07) is 8.60. The Kier molecular flexibility index (Phi) is 7.04. The van der Waals surface area contributed by atoms with Crippen LogP contribution < -0.4 is 10.6 Å². The van der Waals surface area contributed by atoms with Gasteiger partial charge >= 0.3 is 0 Å². The van der Waals surface area contributed by atoms with E-state index in [-0.39, 0.29) is 23.7 Å². The maximum absolute atomic E-state index is 12.9. The molecule has 11 heteroatoms. The Morgan fingerprint density at radius 2 is 1.81 bits per heavy atom. The molecule has 1 aliphatic rings. The van der Waals surface area contributed by atoms with E-state index in [0.717, 1.165) is 42.6 Å². The Morgan fingerprint density at radius 3 is 2.57 bits per heavy atom. The number of nitrogens with zero attached hydrogens (tertiary/aromatic N) is 8. The average molecular weight is 501 g/mol. The van der Waals surface area contributed by atoms with E-state index in [1.54, 1.807) is 24.7 Å². The molecule has 1 saturated heterocycles. The van der Waals surface area contributed by atoms with Crippen LogP contribution in [0.1, 0.15) is 57.1 Å². The van der Waals surface area contributed by atoms with Crippen molar-refractivity contribution in [2.45, 2.75) is 58.7 Å². The molecule has 1 amide bonds. The molecule has 0 saturated carbocycles. The summed E-state index contributed by atoms with van der Waals surface area (Å²) in [6.45, 7) is 10.6. The topological polar surface area (TPSA) is 127 Å². The smallest absolute Gasteiger partial charge is 0.279 e. The van der Waals surface area contributed by atoms with Gasteiger partial charge in [0.2, 0.25) is 0 Å². The predicted molar refractivity (Wildman–Crippen MR) is 142 cm³/mol. The molecule has 0 atom stereocenters. The van der Waals surface area contributed by atoms with Crippen LogP contribution in [0.15, 0.2) is 42.9 Å². The van der Waals surface area contributed by atoms with Gasteiger partial charge in [0, 0.05) is 36.1 Å². The fourth-order valence-electron chi connectivity index (χ4n) is 4.54. The van der Waals surface area contributed by atoms with E-state index in [9.17, 15) is 4.79 Å². The Hall–Kier alpha value is -3.99. The summed E-state index contributed by atoms with van der Waals surface area (Å²) in [5.41, 5.74) is 2.60. The highest BCUT2D eigenvalue weighted by Gasteiger charge is 2.24. The summed E-state index contributed by atoms with van der Waals surface area (Å²) in [4.78, 5) is 24.3. The third kappa shape index (κ3) is 5.72. The van der Waals surface area contributed by atoms with Crippen LogP contribution >= 0.6 is 0 Å². The molecule has 1 aromatic carbocycles. The number of piperidine rings is 1. The first-order valence-corrected chi connectivity index (χ1v) is 12.7. The minimum Gasteiger partial charge on any atom is -0.367 e. The zero-order chi connectivity index (χ0) is 25.9. The lowest BCUT2D eigenvalue weighted by atomic mass is 10.0. The van der Waals surface area contributed by atoms with Gasteiger partial charge in [-0.15, -0.1) is 15.3 Å². The maximum Gasteiger partial charge on any atom is 0.279 e. The molecule has 4 heterocycles. The van der Waals surface area contributed by atoms with Gasteiger partial charge in [-0.25, -0.2) is 9.67 Å². The number of benzene rings is 1. The minimum atomic E-state index is -0.367. The van der Waals surface area contributed by atoms with Gasteiger partial charge in [0.05, 0.1) is 35.8 Å². The van der Waals surface area contributed by atoms with Crippen molar-refractivity contribution in [2.24, 2.45) is 0 Å². The van der Waals surface area contributed by atoms with E-state index >= 15 is 0 Å². The number of rotatable bonds is 7. The van der Waals surface area contributed by atoms with Gasteiger partial charge in [-0.3, -0.25) is 9.78 Å². The maximum atomic E-state index is 12.9. The number of fused-ring (bicyclic) bond motifs is 1. The Labute approximate surface area is 215 Å². The lowest BCUT2D eigenvalue weighted by Crippen LogP contribution is -2.39. The van der Waals surface area contributed by atoms with Crippen molar-refractivity contribution >= 4 is 28.4 Å². The monoisotopic (exact) mass is 500 g/mol. The van der Waals surface area contributed by atoms with Crippen molar-refractivity contribution in [3.05, 3.63) is 48.5 Å². The van der Waals surface area contributed by atoms with Gasteiger partial charge in [0.1, 0.15) is 5.82 Å². The van der Waals surface area contributed by atoms with Gasteiger partial charge in [0.25, 0.3) is 5.91 Å². The highest BCUT2D eigenvalue weighted by Crippen LogP contribution is 2.25. The molecule has 0 aliphatic carbocycles. The number of anilines is 2. The molecular weight excluding hydrogens is 468 g/mol. The molecule has 1 aliphatic heterocycles. The van der Waals surface area contributed by atoms with Crippen molar-refractivity contribution < 1.29 is 4.79 Å². The number of hydrogen-bond acceptors (Lipinski definition) is 9. The minimum absolute atomic E-state index is 0.250. The quantitative estimate of drug-likeness (QED) is 0.389. The first-order chi connectivity index (χ1) is 17.9. The van der Waals surface area contributed by atoms with Crippen molar-refractivity contribution in [3.8, 4) is 11.3 Å². The summed E-state index contributed by atoms with van der Waals surface area (Å²) in [6.07, 6.45) is 7.12. The molecule has 2 N–H and O–H groups in total. The van der Waals surface area contributed by atoms with Crippen LogP contribution in [0.4, 0.5) is 11.6 Å². The molecule has 11 nitrogen and oxygen atoms in total. The van der Waals surface area contributed by atoms with Crippen LogP contribution in [0.25, 0.3) is 22.2 Å². The SMILES string of the molecule is CC(C)Nc1cncc(-c2ccc3nnc(NC(=O)c4cn(C5CCN(C(C)C)CC5)nn4)cc3c2)n1. The summed E-state index contributed by atoms with van der Waals surface area (Å²) in [5, 5.41) is 23.7. The van der Waals surface area contributed by atoms with Gasteiger partial charge in [-0.1, -0.05) is 11.3 Å². The van der Waals surface area contributed by atoms with Gasteiger partial charge in [-0.2, -0.15) is 0 Å². The van der Waals surface area contributed by atoms with Crippen molar-refractivity contribution in [1.82, 2.24) is 40.1 Å². The second-order valence-electron chi connectivity index (χ2n) is 9.99. The molecule has 0 unspecified atom stereocenters. The lowest BCUT2D eigenvalue weighted by Gasteiger charge is -2.34. The molecule has 0 bridgehead atoms. The highest BCUT2D eigenvalue weighted by molar-refractivity contribution is 6.02. The Balaban J connectivity index is 1.29. The molecule has 3 aromatic heterocycles. The van der Waals surface area contributed by atoms with Crippen LogP contribution in [0.5, 0.6) is 0 Å². The molecule has 192 valence electrons. The van der Waals surface area contributed by atoms with Crippen LogP contribution in [0, 0.1) is 0 Å². The second-order valence-corrected chi connectivity index (χ2v) is 9.99. The van der Waals surface area contributed by atoms with Crippen molar-refractivity contribution in [2.75, 3.05) is 23.7 Å². The van der Waals surface area contributed by atoms with Crippen molar-refractivity contribution in [1.29, 1.82) is 0 Å². The molecule has 0 radical (unpaired) electrons. The molecule has 0 spiro atoms. The summed E-state index contributed by atoms with van der Waals surface area (Å²) >= 11 is 0.